The van der Waals surface area contributed by atoms with Gasteiger partial charge in [0.25, 0.3) is 0 Å². The second-order valence-electron chi connectivity index (χ2n) is 5.43. The summed E-state index contributed by atoms with van der Waals surface area (Å²) in [5, 5.41) is 0. The predicted octanol–water partition coefficient (Wildman–Crippen LogP) is 2.02. The monoisotopic (exact) mass is 272 g/mol. The van der Waals surface area contributed by atoms with Crippen molar-refractivity contribution in [2.75, 3.05) is 46.6 Å². The molecule has 0 radical (unpaired) electrons. The number of nitrogens with zero attached hydrogens (tertiary/aromatic N) is 1. The van der Waals surface area contributed by atoms with Crippen molar-refractivity contribution < 1.29 is 9.47 Å². The van der Waals surface area contributed by atoms with Crippen LogP contribution < -0.4 is 5.73 Å². The highest BCUT2D eigenvalue weighted by molar-refractivity contribution is 4.75. The quantitative estimate of drug-likeness (QED) is 0.585. The van der Waals surface area contributed by atoms with E-state index < -0.39 is 0 Å². The summed E-state index contributed by atoms with van der Waals surface area (Å²) in [4.78, 5) is 2.60. The smallest absolute Gasteiger partial charge is 0.0593 e. The molecule has 0 bridgehead atoms. The maximum Gasteiger partial charge on any atom is 0.0593 e. The van der Waals surface area contributed by atoms with E-state index in [1.165, 1.54) is 32.1 Å². The second-order valence-corrected chi connectivity index (χ2v) is 5.43. The van der Waals surface area contributed by atoms with E-state index in [-0.39, 0.29) is 0 Å². The van der Waals surface area contributed by atoms with Crippen LogP contribution in [0.2, 0.25) is 0 Å². The Kier molecular flexibility index (Phi) is 10.4. The first-order valence-corrected chi connectivity index (χ1v) is 7.89. The number of ether oxygens (including phenoxy) is 2. The number of hydrogen-bond acceptors (Lipinski definition) is 4. The molecule has 0 saturated heterocycles. The van der Waals surface area contributed by atoms with Gasteiger partial charge in [-0.05, 0) is 38.8 Å². The van der Waals surface area contributed by atoms with Crippen LogP contribution >= 0.6 is 0 Å². The normalized spacial score (nSPS) is 17.2. The summed E-state index contributed by atoms with van der Waals surface area (Å²) in [6.45, 7) is 5.41. The Hall–Kier alpha value is -0.160. The second kappa shape index (κ2) is 11.6. The van der Waals surface area contributed by atoms with Crippen molar-refractivity contribution in [2.24, 2.45) is 5.73 Å². The van der Waals surface area contributed by atoms with E-state index in [4.69, 9.17) is 15.2 Å². The fourth-order valence-electron chi connectivity index (χ4n) is 2.81. The van der Waals surface area contributed by atoms with E-state index >= 15 is 0 Å². The average molecular weight is 272 g/mol. The van der Waals surface area contributed by atoms with Crippen molar-refractivity contribution in [2.45, 2.75) is 51.0 Å². The van der Waals surface area contributed by atoms with Crippen molar-refractivity contribution >= 4 is 0 Å². The van der Waals surface area contributed by atoms with Gasteiger partial charge in [0.05, 0.1) is 6.61 Å². The lowest BCUT2D eigenvalue weighted by Gasteiger charge is -2.34. The Morgan fingerprint density at radius 2 is 1.79 bits per heavy atom. The summed E-state index contributed by atoms with van der Waals surface area (Å²) in [5.41, 5.74) is 5.64. The molecule has 0 aromatic rings. The van der Waals surface area contributed by atoms with Gasteiger partial charge in [-0.2, -0.15) is 0 Å². The molecule has 1 rings (SSSR count). The van der Waals surface area contributed by atoms with Gasteiger partial charge in [-0.1, -0.05) is 19.3 Å². The molecule has 0 atom stereocenters. The molecule has 114 valence electrons. The molecule has 4 nitrogen and oxygen atoms in total. The third kappa shape index (κ3) is 7.88. The van der Waals surface area contributed by atoms with Crippen molar-refractivity contribution in [1.82, 2.24) is 4.90 Å². The zero-order valence-corrected chi connectivity index (χ0v) is 12.6. The van der Waals surface area contributed by atoms with Gasteiger partial charge < -0.3 is 15.2 Å². The molecule has 4 heteroatoms. The maximum absolute atomic E-state index is 5.68. The topological polar surface area (TPSA) is 47.7 Å². The van der Waals surface area contributed by atoms with Crippen LogP contribution in [0.25, 0.3) is 0 Å². The molecule has 1 aliphatic carbocycles. The molecule has 1 fully saturated rings. The van der Waals surface area contributed by atoms with Crippen LogP contribution in [0.4, 0.5) is 0 Å². The Labute approximate surface area is 118 Å². The van der Waals surface area contributed by atoms with Crippen molar-refractivity contribution in [3.05, 3.63) is 0 Å². The molecule has 0 aromatic carbocycles. The maximum atomic E-state index is 5.68. The molecular formula is C15H32N2O2. The van der Waals surface area contributed by atoms with Gasteiger partial charge in [0.1, 0.15) is 0 Å². The van der Waals surface area contributed by atoms with Crippen LogP contribution in [0, 0.1) is 0 Å². The van der Waals surface area contributed by atoms with Gasteiger partial charge in [0.15, 0.2) is 0 Å². The van der Waals surface area contributed by atoms with Crippen LogP contribution in [-0.2, 0) is 9.47 Å². The lowest BCUT2D eigenvalue weighted by molar-refractivity contribution is 0.0644. The van der Waals surface area contributed by atoms with Crippen molar-refractivity contribution in [3.8, 4) is 0 Å². The number of rotatable bonds is 11. The molecule has 0 aromatic heterocycles. The largest absolute Gasteiger partial charge is 0.385 e. The summed E-state index contributed by atoms with van der Waals surface area (Å²) in [7, 11) is 1.73. The van der Waals surface area contributed by atoms with Gasteiger partial charge in [-0.25, -0.2) is 0 Å². The highest BCUT2D eigenvalue weighted by atomic mass is 16.5. The molecule has 1 saturated carbocycles. The number of hydrogen-bond donors (Lipinski definition) is 1. The van der Waals surface area contributed by atoms with Crippen LogP contribution in [0.5, 0.6) is 0 Å². The summed E-state index contributed by atoms with van der Waals surface area (Å²) in [5.74, 6) is 0. The van der Waals surface area contributed by atoms with Gasteiger partial charge in [-0.15, -0.1) is 0 Å². The van der Waals surface area contributed by atoms with Gasteiger partial charge in [0.2, 0.25) is 0 Å². The van der Waals surface area contributed by atoms with E-state index in [2.05, 4.69) is 4.90 Å². The molecular weight excluding hydrogens is 240 g/mol. The van der Waals surface area contributed by atoms with Crippen LogP contribution in [0.1, 0.15) is 44.9 Å². The number of methoxy groups -OCH3 is 1. The highest BCUT2D eigenvalue weighted by Gasteiger charge is 2.20. The van der Waals surface area contributed by atoms with E-state index in [0.29, 0.717) is 0 Å². The summed E-state index contributed by atoms with van der Waals surface area (Å²) in [6, 6.07) is 0.767. The summed E-state index contributed by atoms with van der Waals surface area (Å²) >= 11 is 0. The first-order chi connectivity index (χ1) is 9.38. The lowest BCUT2D eigenvalue weighted by atomic mass is 9.94. The number of nitrogens with two attached hydrogens (primary N) is 1. The predicted molar refractivity (Wildman–Crippen MR) is 79.4 cm³/mol. The van der Waals surface area contributed by atoms with Crippen LogP contribution in [0.15, 0.2) is 0 Å². The Balaban J connectivity index is 2.16. The van der Waals surface area contributed by atoms with Crippen LogP contribution in [0.3, 0.4) is 0 Å². The molecule has 0 unspecified atom stereocenters. The standard InChI is InChI=1S/C15H32N2O2/c1-18-12-6-13-19-14-11-17(10-5-9-16)15-7-3-2-4-8-15/h15H,2-14,16H2,1H3. The lowest BCUT2D eigenvalue weighted by Crippen LogP contribution is -2.40. The van der Waals surface area contributed by atoms with Gasteiger partial charge >= 0.3 is 0 Å². The third-order valence-corrected chi connectivity index (χ3v) is 3.90. The van der Waals surface area contributed by atoms with Gasteiger partial charge in [0, 0.05) is 32.9 Å². The molecule has 0 amide bonds. The zero-order valence-electron chi connectivity index (χ0n) is 12.6. The summed E-state index contributed by atoms with van der Waals surface area (Å²) < 4.78 is 10.7. The molecule has 0 aliphatic heterocycles. The molecule has 2 N–H and O–H groups in total. The van der Waals surface area contributed by atoms with E-state index in [0.717, 1.165) is 58.3 Å². The SMILES string of the molecule is COCCCOCCN(CCCN)C1CCCCC1. The minimum absolute atomic E-state index is 0.767. The minimum atomic E-state index is 0.767. The highest BCUT2D eigenvalue weighted by Crippen LogP contribution is 2.22. The first kappa shape index (κ1) is 16.9. The Morgan fingerprint density at radius 1 is 1.00 bits per heavy atom. The molecule has 0 heterocycles. The summed E-state index contributed by atoms with van der Waals surface area (Å²) in [6.07, 6.45) is 8.98. The fraction of sp³-hybridized carbons (Fsp3) is 1.00. The zero-order chi connectivity index (χ0) is 13.8. The van der Waals surface area contributed by atoms with Gasteiger partial charge in [-0.3, -0.25) is 4.90 Å². The first-order valence-electron chi connectivity index (χ1n) is 7.89. The van der Waals surface area contributed by atoms with Crippen LogP contribution in [-0.4, -0.2) is 57.5 Å². The Morgan fingerprint density at radius 3 is 2.47 bits per heavy atom. The molecule has 1 aliphatic rings. The van der Waals surface area contributed by atoms with Crippen molar-refractivity contribution in [1.29, 1.82) is 0 Å². The fourth-order valence-corrected chi connectivity index (χ4v) is 2.81. The molecule has 19 heavy (non-hydrogen) atoms. The average Bonchev–Trinajstić information content (AvgIpc) is 2.46. The molecule has 0 spiro atoms. The Bertz CT molecular complexity index is 197. The minimum Gasteiger partial charge on any atom is -0.385 e. The van der Waals surface area contributed by atoms with Crippen molar-refractivity contribution in [3.63, 3.8) is 0 Å². The van der Waals surface area contributed by atoms with E-state index in [1.807, 2.05) is 0 Å². The third-order valence-electron chi connectivity index (χ3n) is 3.90. The van der Waals surface area contributed by atoms with E-state index in [1.54, 1.807) is 7.11 Å². The van der Waals surface area contributed by atoms with E-state index in [9.17, 15) is 0 Å².